The van der Waals surface area contributed by atoms with Crippen molar-refractivity contribution < 1.29 is 26.7 Å². The predicted octanol–water partition coefficient (Wildman–Crippen LogP) is 8.17. The molecule has 0 saturated carbocycles. The maximum atomic E-state index is 13.3. The van der Waals surface area contributed by atoms with Crippen molar-refractivity contribution in [3.05, 3.63) is 90.2 Å². The van der Waals surface area contributed by atoms with Gasteiger partial charge in [0.1, 0.15) is 17.5 Å². The molecule has 0 amide bonds. The molecule has 3 aromatic carbocycles. The van der Waals surface area contributed by atoms with Crippen LogP contribution in [0.4, 0.5) is 13.2 Å². The van der Waals surface area contributed by atoms with Gasteiger partial charge in [-0.1, -0.05) is 0 Å². The largest absolute Gasteiger partial charge is 0.508 e. The van der Waals surface area contributed by atoms with Crippen LogP contribution in [0.1, 0.15) is 0 Å². The fraction of sp³-hybridized carbons (Fsp3) is 0. The highest BCUT2D eigenvalue weighted by molar-refractivity contribution is 8.17. The van der Waals surface area contributed by atoms with Crippen molar-refractivity contribution >= 4 is 55.2 Å². The maximum Gasteiger partial charge on any atom is 0.508 e. The maximum absolute atomic E-state index is 13.3. The molecule has 0 radical (unpaired) electrons. The summed E-state index contributed by atoms with van der Waals surface area (Å²) in [7, 11) is -10.2. The van der Waals surface area contributed by atoms with Gasteiger partial charge in [-0.05, 0) is 72.8 Å². The number of hydrogen-bond donors (Lipinski definition) is 3. The smallest absolute Gasteiger partial charge is 0.286 e. The van der Waals surface area contributed by atoms with Crippen molar-refractivity contribution in [2.24, 2.45) is 0 Å². The second-order valence-electron chi connectivity index (χ2n) is 6.53. The highest BCUT2D eigenvalue weighted by atomic mass is 35.7. The lowest BCUT2D eigenvalue weighted by Gasteiger charge is -2.29. The third-order valence-corrected chi connectivity index (χ3v) is 16.2. The number of benzene rings is 3. The zero-order valence-corrected chi connectivity index (χ0v) is 21.2. The monoisotopic (exact) mass is 576 g/mol. The molecule has 0 unspecified atom stereocenters. The second-order valence-corrected chi connectivity index (χ2v) is 17.0. The van der Waals surface area contributed by atoms with Crippen molar-refractivity contribution in [2.75, 3.05) is 0 Å². The van der Waals surface area contributed by atoms with Crippen LogP contribution in [0, 0.1) is 17.5 Å². The van der Waals surface area contributed by atoms with Crippen LogP contribution in [0.15, 0.2) is 72.8 Å². The minimum atomic E-state index is -3.41. The molecule has 3 aromatic rings. The van der Waals surface area contributed by atoms with E-state index in [0.29, 0.717) is 0 Å². The van der Waals surface area contributed by atoms with E-state index in [4.69, 9.17) is 47.3 Å². The van der Waals surface area contributed by atoms with Crippen LogP contribution < -0.4 is 28.1 Å². The molecule has 174 valence electrons. The molecule has 3 N–H and O–H groups in total. The summed E-state index contributed by atoms with van der Waals surface area (Å²) in [6.07, 6.45) is 0. The molecule has 1 saturated heterocycles. The molecular weight excluding hydrogens is 562 g/mol. The SMILES string of the molecule is Fc1ccc(O[P+]2(Cl)N[P+](Cl)(Oc3ccc(F)cc3)N[P+](Cl)(Oc3ccc(F)cc3)N2)cc1. The summed E-state index contributed by atoms with van der Waals surface area (Å²) in [5.74, 6) is -0.737. The number of nitrogens with one attached hydrogen (secondary N) is 3. The molecule has 1 aliphatic rings. The molecule has 1 aliphatic heterocycles. The van der Waals surface area contributed by atoms with Gasteiger partial charge in [-0.25, -0.2) is 13.2 Å². The van der Waals surface area contributed by atoms with E-state index < -0.39 is 38.9 Å². The van der Waals surface area contributed by atoms with Crippen molar-refractivity contribution in [2.45, 2.75) is 0 Å². The summed E-state index contributed by atoms with van der Waals surface area (Å²) >= 11 is 20.2. The fourth-order valence-electron chi connectivity index (χ4n) is 2.61. The first-order valence-electron chi connectivity index (χ1n) is 9.04. The third-order valence-electron chi connectivity index (χ3n) is 3.91. The summed E-state index contributed by atoms with van der Waals surface area (Å²) in [6.45, 7) is 0. The Hall–Kier alpha value is -1.11. The first-order chi connectivity index (χ1) is 15.5. The fourth-order valence-corrected chi connectivity index (χ4v) is 18.0. The molecule has 0 aliphatic carbocycles. The van der Waals surface area contributed by atoms with E-state index in [1.165, 1.54) is 72.8 Å². The molecule has 0 bridgehead atoms. The van der Waals surface area contributed by atoms with E-state index in [0.717, 1.165) is 0 Å². The summed E-state index contributed by atoms with van der Waals surface area (Å²) in [4.78, 5) is 8.65. The topological polar surface area (TPSA) is 63.8 Å². The lowest BCUT2D eigenvalue weighted by molar-refractivity contribution is 0.549. The van der Waals surface area contributed by atoms with Crippen LogP contribution in [0.25, 0.3) is 0 Å². The zero-order chi connectivity index (χ0) is 23.7. The van der Waals surface area contributed by atoms with Crippen molar-refractivity contribution in [1.29, 1.82) is 0 Å². The van der Waals surface area contributed by atoms with E-state index in [1.54, 1.807) is 0 Å². The molecule has 0 atom stereocenters. The van der Waals surface area contributed by atoms with Crippen LogP contribution in [0.5, 0.6) is 17.2 Å². The summed E-state index contributed by atoms with van der Waals surface area (Å²) in [5.41, 5.74) is 0. The predicted molar refractivity (Wildman–Crippen MR) is 129 cm³/mol. The van der Waals surface area contributed by atoms with E-state index in [-0.39, 0.29) is 17.2 Å². The minimum absolute atomic E-state index is 0.219. The van der Waals surface area contributed by atoms with Crippen LogP contribution in [0.2, 0.25) is 0 Å². The highest BCUT2D eigenvalue weighted by Gasteiger charge is 2.78. The van der Waals surface area contributed by atoms with Crippen LogP contribution >= 0.6 is 55.2 Å². The Labute approximate surface area is 203 Å². The molecule has 0 spiro atoms. The zero-order valence-electron chi connectivity index (χ0n) is 16.3. The van der Waals surface area contributed by atoms with Crippen molar-refractivity contribution in [3.8, 4) is 17.2 Å². The van der Waals surface area contributed by atoms with Gasteiger partial charge in [0.2, 0.25) is 0 Å². The van der Waals surface area contributed by atoms with Gasteiger partial charge in [0.25, 0.3) is 0 Å². The van der Waals surface area contributed by atoms with E-state index in [2.05, 4.69) is 14.6 Å². The summed E-state index contributed by atoms with van der Waals surface area (Å²) < 4.78 is 57.5. The Morgan fingerprint density at radius 3 is 0.879 bits per heavy atom. The molecule has 6 nitrogen and oxygen atoms in total. The first-order valence-corrected chi connectivity index (χ1v) is 16.9. The molecule has 0 aromatic heterocycles. The van der Waals surface area contributed by atoms with Crippen molar-refractivity contribution in [3.63, 3.8) is 0 Å². The van der Waals surface area contributed by atoms with Gasteiger partial charge >= 0.3 is 21.4 Å². The average molecular weight is 578 g/mol. The Bertz CT molecular complexity index is 971. The summed E-state index contributed by atoms with van der Waals surface area (Å²) in [6, 6.07) is 15.4. The number of rotatable bonds is 6. The van der Waals surface area contributed by atoms with Gasteiger partial charge in [-0.3, -0.25) is 13.6 Å². The molecule has 4 rings (SSSR count). The number of halogens is 6. The van der Waals surface area contributed by atoms with E-state index in [9.17, 15) is 13.2 Å². The summed E-state index contributed by atoms with van der Waals surface area (Å²) in [5, 5.41) is 0. The first kappa shape index (κ1) is 25.0. The van der Waals surface area contributed by atoms with Gasteiger partial charge in [-0.2, -0.15) is 0 Å². The molecule has 1 fully saturated rings. The average Bonchev–Trinajstić information content (AvgIpc) is 2.72. The standard InChI is InChI=1S/C18H15Cl3F3N3O3P3/c19-31(28-16-7-1-13(22)2-8-16)25-32(20,29-17-9-3-14(23)4-10-17)27-33(21,26-31)30-18-11-5-15(24)6-12-18/h1-12,25-27H/q+3. The molecule has 15 heteroatoms. The Morgan fingerprint density at radius 2 is 0.667 bits per heavy atom. The third kappa shape index (κ3) is 6.73. The van der Waals surface area contributed by atoms with Crippen LogP contribution in [-0.2, 0) is 0 Å². The normalized spacial score (nSPS) is 27.1. The van der Waals surface area contributed by atoms with Crippen molar-refractivity contribution in [1.82, 2.24) is 14.6 Å². The van der Waals surface area contributed by atoms with Gasteiger partial charge < -0.3 is 0 Å². The Kier molecular flexibility index (Phi) is 7.47. The lowest BCUT2D eigenvalue weighted by Crippen LogP contribution is -2.42. The molecule has 1 heterocycles. The quantitative estimate of drug-likeness (QED) is 0.257. The van der Waals surface area contributed by atoms with Gasteiger partial charge in [0.05, 0.1) is 14.6 Å². The van der Waals surface area contributed by atoms with Gasteiger partial charge in [0, 0.05) is 0 Å². The van der Waals surface area contributed by atoms with Crippen LogP contribution in [-0.4, -0.2) is 0 Å². The minimum Gasteiger partial charge on any atom is -0.286 e. The second kappa shape index (κ2) is 9.87. The highest BCUT2D eigenvalue weighted by Crippen LogP contribution is 2.84. The lowest BCUT2D eigenvalue weighted by atomic mass is 10.3. The Morgan fingerprint density at radius 1 is 0.455 bits per heavy atom. The molecule has 33 heavy (non-hydrogen) atoms. The number of hydrogen-bond acceptors (Lipinski definition) is 6. The van der Waals surface area contributed by atoms with E-state index >= 15 is 0 Å². The van der Waals surface area contributed by atoms with Gasteiger partial charge in [-0.15, -0.1) is 0 Å². The molecular formula is C18H15Cl3F3N3O3P3+3. The van der Waals surface area contributed by atoms with Crippen LogP contribution in [0.3, 0.4) is 0 Å². The Balaban J connectivity index is 1.64. The van der Waals surface area contributed by atoms with Gasteiger partial charge in [0.15, 0.2) is 51.0 Å². The van der Waals surface area contributed by atoms with E-state index in [1.807, 2.05) is 0 Å².